The minimum Gasteiger partial charge on any atom is -0.378 e. The summed E-state index contributed by atoms with van der Waals surface area (Å²) in [6.07, 6.45) is 3.88. The highest BCUT2D eigenvalue weighted by atomic mass is 16.2. The summed E-state index contributed by atoms with van der Waals surface area (Å²) >= 11 is 0. The predicted molar refractivity (Wildman–Crippen MR) is 116 cm³/mol. The number of amides is 2. The van der Waals surface area contributed by atoms with E-state index in [0.717, 1.165) is 23.2 Å². The maximum absolute atomic E-state index is 12.7. The number of carbonyl (C=O) groups excluding carboxylic acids is 2. The van der Waals surface area contributed by atoms with Gasteiger partial charge in [0.25, 0.3) is 0 Å². The van der Waals surface area contributed by atoms with Gasteiger partial charge < -0.3 is 20.5 Å². The van der Waals surface area contributed by atoms with Gasteiger partial charge in [-0.3, -0.25) is 9.59 Å². The number of anilines is 2. The van der Waals surface area contributed by atoms with E-state index in [4.69, 9.17) is 0 Å². The molecule has 29 heavy (non-hydrogen) atoms. The Kier molecular flexibility index (Phi) is 5.01. The molecule has 6 heteroatoms. The normalized spacial score (nSPS) is 14.4. The average molecular weight is 390 g/mol. The molecule has 1 heterocycles. The fourth-order valence-electron chi connectivity index (χ4n) is 3.59. The van der Waals surface area contributed by atoms with Crippen LogP contribution >= 0.6 is 0 Å². The fourth-order valence-corrected chi connectivity index (χ4v) is 3.59. The van der Waals surface area contributed by atoms with Crippen LogP contribution in [0.4, 0.5) is 11.4 Å². The van der Waals surface area contributed by atoms with Gasteiger partial charge in [-0.25, -0.2) is 0 Å². The number of nitrogens with one attached hydrogen (secondary N) is 3. The number of hydrogen-bond donors (Lipinski definition) is 3. The van der Waals surface area contributed by atoms with Crippen LogP contribution in [0.15, 0.2) is 54.7 Å². The van der Waals surface area contributed by atoms with Crippen LogP contribution in [0.1, 0.15) is 18.4 Å². The zero-order valence-electron chi connectivity index (χ0n) is 16.8. The molecule has 150 valence electrons. The minimum absolute atomic E-state index is 0.181. The van der Waals surface area contributed by atoms with Crippen LogP contribution in [0.5, 0.6) is 0 Å². The number of aromatic nitrogens is 1. The Hall–Kier alpha value is -3.28. The fraction of sp³-hybridized carbons (Fsp3) is 0.304. The first kappa shape index (κ1) is 19.1. The van der Waals surface area contributed by atoms with Crippen LogP contribution in [0, 0.1) is 5.41 Å². The van der Waals surface area contributed by atoms with Crippen LogP contribution in [0.3, 0.4) is 0 Å². The summed E-state index contributed by atoms with van der Waals surface area (Å²) in [5, 5.41) is 7.02. The maximum Gasteiger partial charge on any atom is 0.240 e. The van der Waals surface area contributed by atoms with E-state index in [0.29, 0.717) is 25.1 Å². The van der Waals surface area contributed by atoms with Crippen molar-refractivity contribution in [2.45, 2.75) is 19.3 Å². The summed E-state index contributed by atoms with van der Waals surface area (Å²) in [7, 11) is 3.93. The molecule has 1 aromatic heterocycles. The third kappa shape index (κ3) is 3.83. The summed E-state index contributed by atoms with van der Waals surface area (Å²) < 4.78 is 0. The van der Waals surface area contributed by atoms with E-state index < -0.39 is 5.41 Å². The lowest BCUT2D eigenvalue weighted by molar-refractivity contribution is -0.134. The molecule has 1 aliphatic rings. The number of hydrogen-bond acceptors (Lipinski definition) is 3. The van der Waals surface area contributed by atoms with Gasteiger partial charge in [0.2, 0.25) is 11.8 Å². The first-order chi connectivity index (χ1) is 14.0. The molecule has 1 fully saturated rings. The average Bonchev–Trinajstić information content (AvgIpc) is 3.45. The second-order valence-corrected chi connectivity index (χ2v) is 7.84. The highest BCUT2D eigenvalue weighted by Gasteiger charge is 2.56. The van der Waals surface area contributed by atoms with Gasteiger partial charge in [-0.15, -0.1) is 0 Å². The molecule has 6 nitrogen and oxygen atoms in total. The Balaban J connectivity index is 1.33. The van der Waals surface area contributed by atoms with Crippen molar-refractivity contribution in [1.29, 1.82) is 0 Å². The van der Waals surface area contributed by atoms with Crippen LogP contribution in [-0.4, -0.2) is 37.4 Å². The monoisotopic (exact) mass is 390 g/mol. The zero-order chi connectivity index (χ0) is 20.4. The van der Waals surface area contributed by atoms with Gasteiger partial charge in [0, 0.05) is 49.1 Å². The van der Waals surface area contributed by atoms with Gasteiger partial charge in [0.1, 0.15) is 5.41 Å². The second kappa shape index (κ2) is 7.62. The number of aromatic amines is 1. The van der Waals surface area contributed by atoms with Crippen molar-refractivity contribution in [3.05, 3.63) is 60.3 Å². The maximum atomic E-state index is 12.7. The molecule has 3 N–H and O–H groups in total. The lowest BCUT2D eigenvalue weighted by Crippen LogP contribution is -2.40. The van der Waals surface area contributed by atoms with Crippen molar-refractivity contribution in [2.75, 3.05) is 30.9 Å². The minimum atomic E-state index is -0.930. The van der Waals surface area contributed by atoms with Gasteiger partial charge in [0.05, 0.1) is 0 Å². The lowest BCUT2D eigenvalue weighted by atomic mass is 10.0. The van der Waals surface area contributed by atoms with E-state index in [1.807, 2.05) is 67.7 Å². The topological polar surface area (TPSA) is 77.2 Å². The standard InChI is InChI=1S/C23H26N4O2/c1-27(2)18-9-7-17(8-10-18)26-22(29)23(12-13-23)21(28)24-14-11-16-15-25-20-6-4-3-5-19(16)20/h3-10,15,25H,11-14H2,1-2H3,(H,24,28)(H,26,29). The molecule has 3 aromatic rings. The number of benzene rings is 2. The van der Waals surface area contributed by atoms with Crippen molar-refractivity contribution in [1.82, 2.24) is 10.3 Å². The van der Waals surface area contributed by atoms with Crippen LogP contribution in [-0.2, 0) is 16.0 Å². The third-order valence-corrected chi connectivity index (χ3v) is 5.62. The molecular weight excluding hydrogens is 364 g/mol. The van der Waals surface area contributed by atoms with E-state index in [9.17, 15) is 9.59 Å². The number of rotatable bonds is 7. The number of carbonyl (C=O) groups is 2. The van der Waals surface area contributed by atoms with Crippen LogP contribution in [0.2, 0.25) is 0 Å². The number of para-hydroxylation sites is 1. The number of H-pyrrole nitrogens is 1. The van der Waals surface area contributed by atoms with E-state index >= 15 is 0 Å². The lowest BCUT2D eigenvalue weighted by Gasteiger charge is -2.16. The Labute approximate surface area is 170 Å². The Bertz CT molecular complexity index is 1030. The van der Waals surface area contributed by atoms with Crippen molar-refractivity contribution >= 4 is 34.1 Å². The molecule has 0 atom stereocenters. The van der Waals surface area contributed by atoms with Gasteiger partial charge in [-0.1, -0.05) is 18.2 Å². The van der Waals surface area contributed by atoms with E-state index in [1.165, 1.54) is 5.39 Å². The summed E-state index contributed by atoms with van der Waals surface area (Å²) in [5.41, 5.74) is 3.08. The Morgan fingerprint density at radius 2 is 1.76 bits per heavy atom. The molecule has 0 saturated heterocycles. The van der Waals surface area contributed by atoms with Crippen LogP contribution < -0.4 is 15.5 Å². The van der Waals surface area contributed by atoms with Crippen molar-refractivity contribution in [2.24, 2.45) is 5.41 Å². The second-order valence-electron chi connectivity index (χ2n) is 7.84. The van der Waals surface area contributed by atoms with Gasteiger partial charge in [0.15, 0.2) is 0 Å². The zero-order valence-corrected chi connectivity index (χ0v) is 16.8. The van der Waals surface area contributed by atoms with Crippen molar-refractivity contribution in [3.63, 3.8) is 0 Å². The van der Waals surface area contributed by atoms with E-state index in [-0.39, 0.29) is 11.8 Å². The molecule has 0 radical (unpaired) electrons. The molecule has 0 aliphatic heterocycles. The summed E-state index contributed by atoms with van der Waals surface area (Å²) in [5.74, 6) is -0.403. The molecule has 0 spiro atoms. The first-order valence-corrected chi connectivity index (χ1v) is 9.92. The smallest absolute Gasteiger partial charge is 0.240 e. The quantitative estimate of drug-likeness (QED) is 0.542. The van der Waals surface area contributed by atoms with Crippen molar-refractivity contribution < 1.29 is 9.59 Å². The van der Waals surface area contributed by atoms with Gasteiger partial charge >= 0.3 is 0 Å². The van der Waals surface area contributed by atoms with E-state index in [1.54, 1.807) is 0 Å². The highest BCUT2D eigenvalue weighted by Crippen LogP contribution is 2.46. The third-order valence-electron chi connectivity index (χ3n) is 5.62. The van der Waals surface area contributed by atoms with Gasteiger partial charge in [-0.2, -0.15) is 0 Å². The SMILES string of the molecule is CN(C)c1ccc(NC(=O)C2(C(=O)NCCc3c[nH]c4ccccc34)CC2)cc1. The summed E-state index contributed by atoms with van der Waals surface area (Å²) in [6.45, 7) is 0.507. The molecule has 2 aromatic carbocycles. The molecule has 1 saturated carbocycles. The summed E-state index contributed by atoms with van der Waals surface area (Å²) in [6, 6.07) is 15.7. The van der Waals surface area contributed by atoms with Gasteiger partial charge in [-0.05, 0) is 55.2 Å². The number of nitrogens with zero attached hydrogens (tertiary/aromatic N) is 1. The highest BCUT2D eigenvalue weighted by molar-refractivity contribution is 6.13. The molecule has 4 rings (SSSR count). The Morgan fingerprint density at radius 3 is 2.45 bits per heavy atom. The van der Waals surface area contributed by atoms with E-state index in [2.05, 4.69) is 21.7 Å². The molecule has 0 bridgehead atoms. The van der Waals surface area contributed by atoms with Crippen LogP contribution in [0.25, 0.3) is 10.9 Å². The predicted octanol–water partition coefficient (Wildman–Crippen LogP) is 3.31. The molecule has 1 aliphatic carbocycles. The first-order valence-electron chi connectivity index (χ1n) is 9.92. The molecular formula is C23H26N4O2. The summed E-state index contributed by atoms with van der Waals surface area (Å²) in [4.78, 5) is 30.7. The van der Waals surface area contributed by atoms with Crippen molar-refractivity contribution in [3.8, 4) is 0 Å². The Morgan fingerprint density at radius 1 is 1.03 bits per heavy atom. The molecule has 2 amide bonds. The largest absolute Gasteiger partial charge is 0.378 e. The molecule has 0 unspecified atom stereocenters. The number of fused-ring (bicyclic) bond motifs is 1.